The molecular weight excluding hydrogens is 322 g/mol. The highest BCUT2D eigenvalue weighted by Crippen LogP contribution is 2.21. The average Bonchev–Trinajstić information content (AvgIpc) is 3.15. The Morgan fingerprint density at radius 1 is 1.32 bits per heavy atom. The van der Waals surface area contributed by atoms with Gasteiger partial charge in [0.15, 0.2) is 11.2 Å². The minimum absolute atomic E-state index is 0.278. The van der Waals surface area contributed by atoms with Gasteiger partial charge in [-0.25, -0.2) is 9.78 Å². The van der Waals surface area contributed by atoms with Crippen molar-refractivity contribution >= 4 is 11.2 Å². The molecule has 1 fully saturated rings. The van der Waals surface area contributed by atoms with Gasteiger partial charge in [-0.15, -0.1) is 0 Å². The lowest BCUT2D eigenvalue weighted by atomic mass is 10.1. The maximum Gasteiger partial charge on any atom is 0.332 e. The molecule has 3 heterocycles. The van der Waals surface area contributed by atoms with E-state index in [4.69, 9.17) is 0 Å². The van der Waals surface area contributed by atoms with Crippen LogP contribution in [0.25, 0.3) is 11.2 Å². The molecule has 0 aromatic carbocycles. The second-order valence-electron chi connectivity index (χ2n) is 7.10. The van der Waals surface area contributed by atoms with Gasteiger partial charge in [-0.1, -0.05) is 0 Å². The summed E-state index contributed by atoms with van der Waals surface area (Å²) in [7, 11) is 3.41. The molecule has 25 heavy (non-hydrogen) atoms. The molecule has 0 spiro atoms. The van der Waals surface area contributed by atoms with Gasteiger partial charge in [0.25, 0.3) is 5.56 Å². The normalized spacial score (nSPS) is 19.8. The maximum absolute atomic E-state index is 12.7. The van der Waals surface area contributed by atoms with Crippen molar-refractivity contribution < 1.29 is 5.11 Å². The molecule has 3 rings (SSSR count). The molecule has 0 amide bonds. The Labute approximate surface area is 146 Å². The summed E-state index contributed by atoms with van der Waals surface area (Å²) in [6.45, 7) is 4.06. The number of aryl methyl sites for hydroxylation is 2. The third-order valence-corrected chi connectivity index (χ3v) is 5.14. The monoisotopic (exact) mass is 349 g/mol. The van der Waals surface area contributed by atoms with Crippen molar-refractivity contribution in [3.8, 4) is 0 Å². The molecule has 8 nitrogen and oxygen atoms in total. The molecule has 2 unspecified atom stereocenters. The van der Waals surface area contributed by atoms with E-state index < -0.39 is 0 Å². The smallest absolute Gasteiger partial charge is 0.332 e. The molecule has 1 aliphatic heterocycles. The first kappa shape index (κ1) is 17.9. The van der Waals surface area contributed by atoms with Gasteiger partial charge in [0, 0.05) is 33.2 Å². The first-order valence-electron chi connectivity index (χ1n) is 8.93. The van der Waals surface area contributed by atoms with E-state index in [1.807, 2.05) is 6.92 Å². The molecule has 1 aliphatic rings. The van der Waals surface area contributed by atoms with E-state index >= 15 is 0 Å². The Hall–Kier alpha value is -1.93. The van der Waals surface area contributed by atoms with Crippen LogP contribution in [0, 0.1) is 0 Å². The summed E-state index contributed by atoms with van der Waals surface area (Å²) in [4.78, 5) is 31.7. The van der Waals surface area contributed by atoms with Crippen LogP contribution >= 0.6 is 0 Å². The van der Waals surface area contributed by atoms with Gasteiger partial charge in [0.2, 0.25) is 0 Å². The Kier molecular flexibility index (Phi) is 5.10. The lowest BCUT2D eigenvalue weighted by molar-refractivity contribution is 0.132. The number of hydrogen-bond donors (Lipinski definition) is 1. The zero-order valence-corrected chi connectivity index (χ0v) is 15.2. The molecule has 2 aromatic rings. The lowest BCUT2D eigenvalue weighted by Gasteiger charge is -2.25. The molecule has 138 valence electrons. The van der Waals surface area contributed by atoms with Crippen LogP contribution in [0.15, 0.2) is 15.9 Å². The third kappa shape index (κ3) is 3.41. The zero-order chi connectivity index (χ0) is 18.1. The molecule has 1 saturated heterocycles. The molecule has 0 bridgehead atoms. The maximum atomic E-state index is 12.7. The highest BCUT2D eigenvalue weighted by Gasteiger charge is 2.25. The number of rotatable bonds is 6. The Morgan fingerprint density at radius 2 is 2.08 bits per heavy atom. The minimum atomic E-state index is -0.321. The van der Waals surface area contributed by atoms with Crippen LogP contribution in [0.5, 0.6) is 0 Å². The van der Waals surface area contributed by atoms with Gasteiger partial charge in [0.05, 0.1) is 12.4 Å². The Balaban J connectivity index is 1.75. The molecular formula is C17H27N5O3. The van der Waals surface area contributed by atoms with E-state index in [0.29, 0.717) is 23.8 Å². The van der Waals surface area contributed by atoms with Crippen LogP contribution < -0.4 is 11.2 Å². The van der Waals surface area contributed by atoms with E-state index in [1.165, 1.54) is 9.13 Å². The van der Waals surface area contributed by atoms with Crippen molar-refractivity contribution in [2.45, 2.75) is 51.3 Å². The fourth-order valence-corrected chi connectivity index (χ4v) is 3.88. The summed E-state index contributed by atoms with van der Waals surface area (Å²) in [5.74, 6) is 0. The van der Waals surface area contributed by atoms with Crippen LogP contribution in [0.1, 0.15) is 32.6 Å². The number of imidazole rings is 1. The molecule has 0 saturated carbocycles. The van der Waals surface area contributed by atoms with Crippen LogP contribution in [-0.4, -0.2) is 53.9 Å². The average molecular weight is 349 g/mol. The number of aliphatic hydroxyl groups is 1. The van der Waals surface area contributed by atoms with Gasteiger partial charge in [-0.05, 0) is 39.2 Å². The number of likely N-dealkylation sites (tertiary alicyclic amines) is 1. The lowest BCUT2D eigenvalue weighted by Crippen LogP contribution is -2.40. The molecule has 2 atom stereocenters. The van der Waals surface area contributed by atoms with Crippen molar-refractivity contribution in [1.29, 1.82) is 0 Å². The molecule has 8 heteroatoms. The van der Waals surface area contributed by atoms with E-state index in [2.05, 4.69) is 9.88 Å². The Bertz CT molecular complexity index is 864. The van der Waals surface area contributed by atoms with Gasteiger partial charge in [0.1, 0.15) is 0 Å². The molecule has 1 N–H and O–H groups in total. The predicted molar refractivity (Wildman–Crippen MR) is 95.7 cm³/mol. The summed E-state index contributed by atoms with van der Waals surface area (Å²) in [6, 6.07) is 0.402. The molecule has 0 aliphatic carbocycles. The summed E-state index contributed by atoms with van der Waals surface area (Å²) >= 11 is 0. The third-order valence-electron chi connectivity index (χ3n) is 5.14. The number of nitrogens with zero attached hydrogens (tertiary/aromatic N) is 5. The van der Waals surface area contributed by atoms with E-state index in [9.17, 15) is 14.7 Å². The van der Waals surface area contributed by atoms with Crippen molar-refractivity contribution in [2.24, 2.45) is 14.1 Å². The number of aromatic nitrogens is 4. The highest BCUT2D eigenvalue weighted by molar-refractivity contribution is 5.69. The van der Waals surface area contributed by atoms with Crippen LogP contribution in [-0.2, 0) is 20.6 Å². The Morgan fingerprint density at radius 3 is 2.80 bits per heavy atom. The number of aliphatic hydroxyl groups excluding tert-OH is 1. The van der Waals surface area contributed by atoms with E-state index in [1.54, 1.807) is 25.0 Å². The van der Waals surface area contributed by atoms with E-state index in [-0.39, 0.29) is 17.4 Å². The van der Waals surface area contributed by atoms with Crippen LogP contribution in [0.2, 0.25) is 0 Å². The van der Waals surface area contributed by atoms with Crippen LogP contribution in [0.4, 0.5) is 0 Å². The van der Waals surface area contributed by atoms with Crippen molar-refractivity contribution in [3.05, 3.63) is 27.2 Å². The van der Waals surface area contributed by atoms with Crippen LogP contribution in [0.3, 0.4) is 0 Å². The van der Waals surface area contributed by atoms with Crippen molar-refractivity contribution in [1.82, 2.24) is 23.6 Å². The predicted octanol–water partition coefficient (Wildman–Crippen LogP) is 0.0591. The van der Waals surface area contributed by atoms with E-state index in [0.717, 1.165) is 38.8 Å². The summed E-state index contributed by atoms with van der Waals surface area (Å²) in [6.07, 6.45) is 5.01. The first-order chi connectivity index (χ1) is 11.9. The van der Waals surface area contributed by atoms with Gasteiger partial charge < -0.3 is 14.6 Å². The zero-order valence-electron chi connectivity index (χ0n) is 15.2. The molecule has 2 aromatic heterocycles. The minimum Gasteiger partial charge on any atom is -0.393 e. The SMILES string of the molecule is CC(O)CC1CCCN1CCCn1c(=O)c2c(ncn2C)n(C)c1=O. The summed E-state index contributed by atoms with van der Waals surface area (Å²) < 4.78 is 4.40. The quantitative estimate of drug-likeness (QED) is 0.797. The topological polar surface area (TPSA) is 85.3 Å². The van der Waals surface area contributed by atoms with Crippen molar-refractivity contribution in [2.75, 3.05) is 13.1 Å². The largest absolute Gasteiger partial charge is 0.393 e. The summed E-state index contributed by atoms with van der Waals surface area (Å²) in [5, 5.41) is 9.62. The fraction of sp³-hybridized carbons (Fsp3) is 0.706. The summed E-state index contributed by atoms with van der Waals surface area (Å²) in [5.41, 5.74) is 0.277. The van der Waals surface area contributed by atoms with Gasteiger partial charge in [-0.2, -0.15) is 0 Å². The second kappa shape index (κ2) is 7.13. The van der Waals surface area contributed by atoms with Gasteiger partial charge >= 0.3 is 5.69 Å². The standard InChI is InChI=1S/C17H27N5O3/c1-12(23)10-13-6-4-7-21(13)8-5-9-22-16(24)14-15(18-11-19(14)2)20(3)17(22)25/h11-13,23H,4-10H2,1-3H3. The fourth-order valence-electron chi connectivity index (χ4n) is 3.88. The second-order valence-corrected chi connectivity index (χ2v) is 7.10. The van der Waals surface area contributed by atoms with Gasteiger partial charge in [-0.3, -0.25) is 13.9 Å². The molecule has 0 radical (unpaired) electrons. The first-order valence-corrected chi connectivity index (χ1v) is 8.93. The van der Waals surface area contributed by atoms with Crippen molar-refractivity contribution in [3.63, 3.8) is 0 Å². The number of hydrogen-bond acceptors (Lipinski definition) is 5. The highest BCUT2D eigenvalue weighted by atomic mass is 16.3. The number of fused-ring (bicyclic) bond motifs is 1.